The highest BCUT2D eigenvalue weighted by Gasteiger charge is 2.33. The molecule has 0 radical (unpaired) electrons. The zero-order chi connectivity index (χ0) is 24.7. The zero-order valence-electron chi connectivity index (χ0n) is 20.3. The molecule has 0 aromatic carbocycles. The first-order chi connectivity index (χ1) is 15.5. The fourth-order valence-corrected chi connectivity index (χ4v) is 4.11. The smallest absolute Gasteiger partial charge is 0.253 e. The summed E-state index contributed by atoms with van der Waals surface area (Å²) in [7, 11) is 0. The Morgan fingerprint density at radius 2 is 1.48 bits per heavy atom. The van der Waals surface area contributed by atoms with E-state index in [0.717, 1.165) is 12.8 Å². The normalized spacial score (nSPS) is 22.5. The van der Waals surface area contributed by atoms with Crippen LogP contribution in [0.25, 0.3) is 0 Å². The van der Waals surface area contributed by atoms with Crippen molar-refractivity contribution in [2.45, 2.75) is 72.4 Å². The van der Waals surface area contributed by atoms with E-state index in [-0.39, 0.29) is 47.3 Å². The Balaban J connectivity index is 1.83. The predicted octanol–water partition coefficient (Wildman–Crippen LogP) is 1.14. The van der Waals surface area contributed by atoms with Gasteiger partial charge in [0.25, 0.3) is 11.8 Å². The summed E-state index contributed by atoms with van der Waals surface area (Å²) in [4.78, 5) is 62.6. The number of amides is 5. The molecule has 0 unspecified atom stereocenters. The molecular formula is C24H38N4O5. The van der Waals surface area contributed by atoms with Crippen LogP contribution in [-0.4, -0.2) is 59.6 Å². The summed E-state index contributed by atoms with van der Waals surface area (Å²) in [5.41, 5.74) is 0. The molecule has 1 aliphatic carbocycles. The van der Waals surface area contributed by atoms with E-state index < -0.39 is 12.1 Å². The third kappa shape index (κ3) is 7.68. The Morgan fingerprint density at radius 1 is 0.909 bits per heavy atom. The molecule has 2 aliphatic rings. The molecule has 184 valence electrons. The van der Waals surface area contributed by atoms with Gasteiger partial charge in [0, 0.05) is 31.2 Å². The van der Waals surface area contributed by atoms with E-state index in [1.807, 2.05) is 27.7 Å². The van der Waals surface area contributed by atoms with Crippen molar-refractivity contribution < 1.29 is 24.0 Å². The molecule has 1 aliphatic heterocycles. The van der Waals surface area contributed by atoms with Crippen LogP contribution in [0.3, 0.4) is 0 Å². The molecule has 33 heavy (non-hydrogen) atoms. The fourth-order valence-electron chi connectivity index (χ4n) is 4.11. The summed E-state index contributed by atoms with van der Waals surface area (Å²) in [6.45, 7) is 10.2. The molecule has 9 nitrogen and oxygen atoms in total. The Bertz CT molecular complexity index is 766. The van der Waals surface area contributed by atoms with Crippen LogP contribution in [0.5, 0.6) is 0 Å². The highest BCUT2D eigenvalue weighted by atomic mass is 16.2. The molecule has 0 aromatic heterocycles. The first-order valence-electron chi connectivity index (χ1n) is 11.9. The topological polar surface area (TPSA) is 125 Å². The average molecular weight is 463 g/mol. The van der Waals surface area contributed by atoms with Crippen LogP contribution in [0, 0.1) is 23.7 Å². The van der Waals surface area contributed by atoms with Crippen LogP contribution in [0.2, 0.25) is 0 Å². The largest absolute Gasteiger partial charge is 0.354 e. The third-order valence-electron chi connectivity index (χ3n) is 6.24. The van der Waals surface area contributed by atoms with E-state index in [9.17, 15) is 24.0 Å². The van der Waals surface area contributed by atoms with Gasteiger partial charge >= 0.3 is 0 Å². The number of hydrogen-bond acceptors (Lipinski definition) is 5. The molecule has 3 N–H and O–H groups in total. The SMILES string of the molecule is CC(C)CNC(=O)[C@H](C)NC(=O)[C@@H](NC(=O)C1CCC(CN2C(=O)C=CC2=O)CC1)C(C)C. The lowest BCUT2D eigenvalue weighted by Crippen LogP contribution is -2.55. The lowest BCUT2D eigenvalue weighted by atomic mass is 9.81. The Labute approximate surface area is 196 Å². The van der Waals surface area contributed by atoms with Gasteiger partial charge in [-0.25, -0.2) is 0 Å². The second-order valence-electron chi connectivity index (χ2n) is 9.94. The molecule has 1 fully saturated rings. The van der Waals surface area contributed by atoms with Crippen molar-refractivity contribution in [3.8, 4) is 0 Å². The minimum Gasteiger partial charge on any atom is -0.354 e. The summed E-state index contributed by atoms with van der Waals surface area (Å²) in [6, 6.07) is -1.43. The number of nitrogens with one attached hydrogen (secondary N) is 3. The Hall–Kier alpha value is -2.71. The third-order valence-corrected chi connectivity index (χ3v) is 6.24. The molecule has 2 rings (SSSR count). The van der Waals surface area contributed by atoms with Crippen molar-refractivity contribution in [3.05, 3.63) is 12.2 Å². The van der Waals surface area contributed by atoms with Crippen molar-refractivity contribution in [2.24, 2.45) is 23.7 Å². The summed E-state index contributed by atoms with van der Waals surface area (Å²) in [5.74, 6) is -1.24. The molecule has 9 heteroatoms. The number of imide groups is 1. The fraction of sp³-hybridized carbons (Fsp3) is 0.708. The molecule has 0 spiro atoms. The van der Waals surface area contributed by atoms with Gasteiger partial charge in [0.1, 0.15) is 12.1 Å². The maximum absolute atomic E-state index is 12.9. The van der Waals surface area contributed by atoms with Crippen LogP contribution >= 0.6 is 0 Å². The first kappa shape index (κ1) is 26.5. The van der Waals surface area contributed by atoms with Crippen molar-refractivity contribution in [1.82, 2.24) is 20.9 Å². The van der Waals surface area contributed by atoms with E-state index in [1.165, 1.54) is 17.1 Å². The summed E-state index contributed by atoms with van der Waals surface area (Å²) >= 11 is 0. The van der Waals surface area contributed by atoms with Crippen LogP contribution in [0.15, 0.2) is 12.2 Å². The number of nitrogens with zero attached hydrogens (tertiary/aromatic N) is 1. The molecule has 2 atom stereocenters. The van der Waals surface area contributed by atoms with E-state index in [4.69, 9.17) is 0 Å². The lowest BCUT2D eigenvalue weighted by molar-refractivity contribution is -0.138. The van der Waals surface area contributed by atoms with Gasteiger partial charge in [-0.2, -0.15) is 0 Å². The predicted molar refractivity (Wildman–Crippen MR) is 124 cm³/mol. The quantitative estimate of drug-likeness (QED) is 0.420. The van der Waals surface area contributed by atoms with Gasteiger partial charge in [-0.05, 0) is 50.4 Å². The van der Waals surface area contributed by atoms with Crippen LogP contribution in [-0.2, 0) is 24.0 Å². The minimum atomic E-state index is -0.735. The number of rotatable bonds is 10. The van der Waals surface area contributed by atoms with Gasteiger partial charge < -0.3 is 16.0 Å². The maximum atomic E-state index is 12.9. The lowest BCUT2D eigenvalue weighted by Gasteiger charge is -2.31. The van der Waals surface area contributed by atoms with Crippen molar-refractivity contribution >= 4 is 29.5 Å². The van der Waals surface area contributed by atoms with E-state index in [2.05, 4.69) is 16.0 Å². The number of carbonyl (C=O) groups excluding carboxylic acids is 5. The number of hydrogen-bond donors (Lipinski definition) is 3. The van der Waals surface area contributed by atoms with Gasteiger partial charge in [-0.15, -0.1) is 0 Å². The van der Waals surface area contributed by atoms with Gasteiger partial charge in [0.2, 0.25) is 17.7 Å². The highest BCUT2D eigenvalue weighted by Crippen LogP contribution is 2.30. The molecule has 1 heterocycles. The van der Waals surface area contributed by atoms with Crippen molar-refractivity contribution in [3.63, 3.8) is 0 Å². The van der Waals surface area contributed by atoms with Crippen LogP contribution in [0.4, 0.5) is 0 Å². The van der Waals surface area contributed by atoms with Crippen molar-refractivity contribution in [1.29, 1.82) is 0 Å². The molecule has 0 bridgehead atoms. The summed E-state index contributed by atoms with van der Waals surface area (Å²) in [6.07, 6.45) is 5.32. The van der Waals surface area contributed by atoms with Gasteiger partial charge in [-0.1, -0.05) is 27.7 Å². The Morgan fingerprint density at radius 3 is 2.00 bits per heavy atom. The second kappa shape index (κ2) is 12.0. The minimum absolute atomic E-state index is 0.143. The highest BCUT2D eigenvalue weighted by molar-refractivity contribution is 6.12. The number of carbonyl (C=O) groups is 5. The van der Waals surface area contributed by atoms with Gasteiger partial charge in [0.15, 0.2) is 0 Å². The molecule has 0 saturated heterocycles. The molecular weight excluding hydrogens is 424 g/mol. The van der Waals surface area contributed by atoms with Gasteiger partial charge in [-0.3, -0.25) is 28.9 Å². The molecule has 0 aromatic rings. The monoisotopic (exact) mass is 462 g/mol. The zero-order valence-corrected chi connectivity index (χ0v) is 20.3. The molecule has 1 saturated carbocycles. The van der Waals surface area contributed by atoms with E-state index >= 15 is 0 Å². The first-order valence-corrected chi connectivity index (χ1v) is 11.9. The second-order valence-corrected chi connectivity index (χ2v) is 9.94. The summed E-state index contributed by atoms with van der Waals surface area (Å²) < 4.78 is 0. The Kier molecular flexibility index (Phi) is 9.61. The van der Waals surface area contributed by atoms with Gasteiger partial charge in [0.05, 0.1) is 0 Å². The maximum Gasteiger partial charge on any atom is 0.253 e. The molecule has 5 amide bonds. The van der Waals surface area contributed by atoms with Crippen LogP contribution < -0.4 is 16.0 Å². The average Bonchev–Trinajstić information content (AvgIpc) is 3.07. The summed E-state index contributed by atoms with van der Waals surface area (Å²) in [5, 5.41) is 8.37. The standard InChI is InChI=1S/C24H38N4O5/c1-14(2)12-25-22(31)16(5)26-24(33)21(15(3)4)27-23(32)18-8-6-17(7-9-18)13-28-19(29)10-11-20(28)30/h10-11,14-18,21H,6-9,12-13H2,1-5H3,(H,25,31)(H,26,33)(H,27,32)/t16-,17?,18?,21-/m0/s1. The van der Waals surface area contributed by atoms with E-state index in [0.29, 0.717) is 31.8 Å². The van der Waals surface area contributed by atoms with Crippen LogP contribution in [0.1, 0.15) is 60.3 Å². The van der Waals surface area contributed by atoms with Crippen molar-refractivity contribution in [2.75, 3.05) is 13.1 Å². The van der Waals surface area contributed by atoms with E-state index in [1.54, 1.807) is 6.92 Å².